The number of piperidine rings is 1. The standard InChI is InChI=1S/C11H15N3O3/c1-13-7-4-9(5-8-13)17-11-10(14(15)16)3-2-6-12-11/h2-3,6,9H,4-5,7-8H2,1H3. The number of ether oxygens (including phenoxy) is 1. The van der Waals surface area contributed by atoms with E-state index in [0.29, 0.717) is 0 Å². The monoisotopic (exact) mass is 237 g/mol. The zero-order valence-corrected chi connectivity index (χ0v) is 9.70. The van der Waals surface area contributed by atoms with Crippen molar-refractivity contribution >= 4 is 5.69 Å². The van der Waals surface area contributed by atoms with Gasteiger partial charge in [-0.2, -0.15) is 0 Å². The second kappa shape index (κ2) is 5.09. The van der Waals surface area contributed by atoms with Gasteiger partial charge in [0.15, 0.2) is 0 Å². The summed E-state index contributed by atoms with van der Waals surface area (Å²) in [4.78, 5) is 16.5. The van der Waals surface area contributed by atoms with Gasteiger partial charge in [0.1, 0.15) is 6.10 Å². The maximum absolute atomic E-state index is 10.8. The molecule has 0 bridgehead atoms. The number of nitrogens with zero attached hydrogens (tertiary/aromatic N) is 3. The van der Waals surface area contributed by atoms with Gasteiger partial charge < -0.3 is 9.64 Å². The van der Waals surface area contributed by atoms with Crippen LogP contribution in [-0.4, -0.2) is 41.0 Å². The van der Waals surface area contributed by atoms with Crippen molar-refractivity contribution in [3.8, 4) is 5.88 Å². The molecule has 0 unspecified atom stereocenters. The molecule has 92 valence electrons. The van der Waals surface area contributed by atoms with Gasteiger partial charge in [0.25, 0.3) is 5.88 Å². The van der Waals surface area contributed by atoms with Crippen molar-refractivity contribution in [1.29, 1.82) is 0 Å². The van der Waals surface area contributed by atoms with Crippen molar-refractivity contribution in [2.45, 2.75) is 18.9 Å². The lowest BCUT2D eigenvalue weighted by molar-refractivity contribution is -0.386. The molecule has 6 nitrogen and oxygen atoms in total. The first-order chi connectivity index (χ1) is 8.16. The van der Waals surface area contributed by atoms with E-state index in [2.05, 4.69) is 16.9 Å². The van der Waals surface area contributed by atoms with E-state index in [1.54, 1.807) is 6.07 Å². The number of aromatic nitrogens is 1. The molecule has 1 saturated heterocycles. The SMILES string of the molecule is CN1CCC(Oc2ncccc2[N+](=O)[O-])CC1. The molecule has 0 amide bonds. The fourth-order valence-electron chi connectivity index (χ4n) is 1.87. The molecular weight excluding hydrogens is 222 g/mol. The number of hydrogen-bond donors (Lipinski definition) is 0. The summed E-state index contributed by atoms with van der Waals surface area (Å²) in [5, 5.41) is 10.8. The van der Waals surface area contributed by atoms with E-state index in [4.69, 9.17) is 4.74 Å². The number of rotatable bonds is 3. The molecule has 17 heavy (non-hydrogen) atoms. The summed E-state index contributed by atoms with van der Waals surface area (Å²) in [5.41, 5.74) is -0.0635. The van der Waals surface area contributed by atoms with Crippen molar-refractivity contribution in [3.05, 3.63) is 28.4 Å². The zero-order chi connectivity index (χ0) is 12.3. The third kappa shape index (κ3) is 2.91. The predicted molar refractivity (Wildman–Crippen MR) is 62.0 cm³/mol. The van der Waals surface area contributed by atoms with E-state index in [0.717, 1.165) is 25.9 Å². The average molecular weight is 237 g/mol. The zero-order valence-electron chi connectivity index (χ0n) is 9.70. The molecule has 0 aliphatic carbocycles. The first kappa shape index (κ1) is 11.8. The van der Waals surface area contributed by atoms with Crippen molar-refractivity contribution in [2.24, 2.45) is 0 Å². The van der Waals surface area contributed by atoms with Gasteiger partial charge in [0, 0.05) is 25.4 Å². The molecule has 0 saturated carbocycles. The Morgan fingerprint density at radius 2 is 2.24 bits per heavy atom. The third-order valence-corrected chi connectivity index (χ3v) is 2.89. The van der Waals surface area contributed by atoms with E-state index < -0.39 is 4.92 Å². The Balaban J connectivity index is 2.05. The summed E-state index contributed by atoms with van der Waals surface area (Å²) in [6.07, 6.45) is 3.30. The Kier molecular flexibility index (Phi) is 3.53. The van der Waals surface area contributed by atoms with Crippen LogP contribution >= 0.6 is 0 Å². The summed E-state index contributed by atoms with van der Waals surface area (Å²) in [6.45, 7) is 1.90. The average Bonchev–Trinajstić information content (AvgIpc) is 2.32. The van der Waals surface area contributed by atoms with Crippen LogP contribution in [0.5, 0.6) is 5.88 Å². The number of pyridine rings is 1. The van der Waals surface area contributed by atoms with E-state index in [1.807, 2.05) is 0 Å². The van der Waals surface area contributed by atoms with E-state index in [9.17, 15) is 10.1 Å². The molecule has 0 N–H and O–H groups in total. The highest BCUT2D eigenvalue weighted by atomic mass is 16.6. The Labute approximate surface area is 99.4 Å². The molecule has 6 heteroatoms. The lowest BCUT2D eigenvalue weighted by Gasteiger charge is -2.28. The van der Waals surface area contributed by atoms with Crippen LogP contribution in [0.15, 0.2) is 18.3 Å². The fourth-order valence-corrected chi connectivity index (χ4v) is 1.87. The summed E-state index contributed by atoms with van der Waals surface area (Å²) in [5.74, 6) is 0.132. The highest BCUT2D eigenvalue weighted by Gasteiger charge is 2.23. The molecule has 0 atom stereocenters. The highest BCUT2D eigenvalue weighted by molar-refractivity contribution is 5.39. The van der Waals surface area contributed by atoms with Gasteiger partial charge in [0.05, 0.1) is 4.92 Å². The van der Waals surface area contributed by atoms with E-state index >= 15 is 0 Å². The molecule has 0 radical (unpaired) electrons. The molecule has 1 aromatic rings. The fraction of sp³-hybridized carbons (Fsp3) is 0.545. The Morgan fingerprint density at radius 1 is 1.53 bits per heavy atom. The minimum atomic E-state index is -0.461. The quantitative estimate of drug-likeness (QED) is 0.588. The van der Waals surface area contributed by atoms with Gasteiger partial charge in [-0.15, -0.1) is 0 Å². The predicted octanol–water partition coefficient (Wildman–Crippen LogP) is 1.46. The highest BCUT2D eigenvalue weighted by Crippen LogP contribution is 2.26. The molecule has 1 aromatic heterocycles. The summed E-state index contributed by atoms with van der Waals surface area (Å²) in [6, 6.07) is 2.96. The Hall–Kier alpha value is -1.69. The van der Waals surface area contributed by atoms with Crippen LogP contribution < -0.4 is 4.74 Å². The lowest BCUT2D eigenvalue weighted by atomic mass is 10.1. The minimum Gasteiger partial charge on any atom is -0.469 e. The van der Waals surface area contributed by atoms with Crippen LogP contribution in [0.1, 0.15) is 12.8 Å². The van der Waals surface area contributed by atoms with Crippen molar-refractivity contribution in [1.82, 2.24) is 9.88 Å². The van der Waals surface area contributed by atoms with Gasteiger partial charge in [-0.05, 0) is 26.0 Å². The largest absolute Gasteiger partial charge is 0.469 e. The molecular formula is C11H15N3O3. The van der Waals surface area contributed by atoms with Crippen LogP contribution in [0.3, 0.4) is 0 Å². The number of nitro groups is 1. The van der Waals surface area contributed by atoms with Crippen LogP contribution in [-0.2, 0) is 0 Å². The molecule has 0 spiro atoms. The van der Waals surface area contributed by atoms with E-state index in [-0.39, 0.29) is 17.7 Å². The van der Waals surface area contributed by atoms with Crippen molar-refractivity contribution < 1.29 is 9.66 Å². The topological polar surface area (TPSA) is 68.5 Å². The van der Waals surface area contributed by atoms with Crippen LogP contribution in [0.4, 0.5) is 5.69 Å². The maximum Gasteiger partial charge on any atom is 0.330 e. The first-order valence-electron chi connectivity index (χ1n) is 5.61. The summed E-state index contributed by atoms with van der Waals surface area (Å²) in [7, 11) is 2.05. The van der Waals surface area contributed by atoms with Gasteiger partial charge in [-0.3, -0.25) is 10.1 Å². The van der Waals surface area contributed by atoms with Gasteiger partial charge in [-0.1, -0.05) is 0 Å². The lowest BCUT2D eigenvalue weighted by Crippen LogP contribution is -2.35. The Morgan fingerprint density at radius 3 is 2.88 bits per heavy atom. The normalized spacial score (nSPS) is 17.9. The molecule has 2 rings (SSSR count). The summed E-state index contributed by atoms with van der Waals surface area (Å²) < 4.78 is 5.62. The number of hydrogen-bond acceptors (Lipinski definition) is 5. The Bertz CT molecular complexity index is 403. The van der Waals surface area contributed by atoms with Crippen molar-refractivity contribution in [2.75, 3.05) is 20.1 Å². The van der Waals surface area contributed by atoms with Gasteiger partial charge in [-0.25, -0.2) is 4.98 Å². The van der Waals surface area contributed by atoms with E-state index in [1.165, 1.54) is 12.3 Å². The molecule has 1 aliphatic rings. The minimum absolute atomic E-state index is 0.0276. The second-order valence-electron chi connectivity index (χ2n) is 4.21. The second-order valence-corrected chi connectivity index (χ2v) is 4.21. The molecule has 2 heterocycles. The maximum atomic E-state index is 10.8. The van der Waals surface area contributed by atoms with Crippen LogP contribution in [0, 0.1) is 10.1 Å². The van der Waals surface area contributed by atoms with Crippen LogP contribution in [0.25, 0.3) is 0 Å². The smallest absolute Gasteiger partial charge is 0.330 e. The molecule has 0 aromatic carbocycles. The third-order valence-electron chi connectivity index (χ3n) is 2.89. The molecule has 1 fully saturated rings. The van der Waals surface area contributed by atoms with Crippen LogP contribution in [0.2, 0.25) is 0 Å². The first-order valence-corrected chi connectivity index (χ1v) is 5.61. The summed E-state index contributed by atoms with van der Waals surface area (Å²) >= 11 is 0. The number of likely N-dealkylation sites (tertiary alicyclic amines) is 1. The van der Waals surface area contributed by atoms with Gasteiger partial charge >= 0.3 is 5.69 Å². The van der Waals surface area contributed by atoms with Gasteiger partial charge in [0.2, 0.25) is 0 Å². The van der Waals surface area contributed by atoms with Crippen molar-refractivity contribution in [3.63, 3.8) is 0 Å². The molecule has 1 aliphatic heterocycles.